The first-order valence-corrected chi connectivity index (χ1v) is 6.33. The van der Waals surface area contributed by atoms with Crippen LogP contribution in [0.2, 0.25) is 0 Å². The van der Waals surface area contributed by atoms with Crippen molar-refractivity contribution in [3.8, 4) is 0 Å². The predicted octanol–water partition coefficient (Wildman–Crippen LogP) is 2.20. The molecule has 1 aliphatic rings. The fraction of sp³-hybridized carbons (Fsp3) is 0.769. The molecule has 0 spiro atoms. The first kappa shape index (κ1) is 11.6. The lowest BCUT2D eigenvalue weighted by molar-refractivity contribution is 0.459. The molecule has 0 radical (unpaired) electrons. The van der Waals surface area contributed by atoms with Crippen LogP contribution in [0.3, 0.4) is 0 Å². The van der Waals surface area contributed by atoms with Gasteiger partial charge < -0.3 is 5.32 Å². The number of rotatable bonds is 5. The second-order valence-electron chi connectivity index (χ2n) is 5.10. The Labute approximate surface area is 98.2 Å². The van der Waals surface area contributed by atoms with Crippen LogP contribution in [0.25, 0.3) is 0 Å². The Balaban J connectivity index is 1.82. The lowest BCUT2D eigenvalue weighted by atomic mass is 10.2. The molecule has 0 aromatic carbocycles. The molecule has 0 amide bonds. The van der Waals surface area contributed by atoms with Crippen molar-refractivity contribution in [3.05, 3.63) is 17.0 Å². The molecule has 2 rings (SSSR count). The number of hydrogen-bond acceptors (Lipinski definition) is 2. The molecule has 0 saturated heterocycles. The molecule has 1 atom stereocenters. The molecule has 3 heteroatoms. The summed E-state index contributed by atoms with van der Waals surface area (Å²) in [6.45, 7) is 10.7. The molecule has 3 nitrogen and oxygen atoms in total. The third-order valence-corrected chi connectivity index (χ3v) is 3.86. The van der Waals surface area contributed by atoms with Crippen LogP contribution in [0, 0.1) is 26.7 Å². The first-order valence-electron chi connectivity index (χ1n) is 6.33. The Kier molecular flexibility index (Phi) is 3.33. The van der Waals surface area contributed by atoms with Crippen molar-refractivity contribution in [2.45, 2.75) is 53.1 Å². The summed E-state index contributed by atoms with van der Waals surface area (Å²) in [5.74, 6) is 0.933. The fourth-order valence-electron chi connectivity index (χ4n) is 2.17. The van der Waals surface area contributed by atoms with Crippen LogP contribution < -0.4 is 5.32 Å². The number of aryl methyl sites for hydroxylation is 1. The van der Waals surface area contributed by atoms with E-state index in [1.165, 1.54) is 24.1 Å². The molecule has 1 aliphatic carbocycles. The quantitative estimate of drug-likeness (QED) is 0.826. The Morgan fingerprint density at radius 2 is 2.06 bits per heavy atom. The topological polar surface area (TPSA) is 29.9 Å². The van der Waals surface area contributed by atoms with Gasteiger partial charge in [0.25, 0.3) is 0 Å². The molecule has 16 heavy (non-hydrogen) atoms. The van der Waals surface area contributed by atoms with Crippen molar-refractivity contribution in [1.29, 1.82) is 0 Å². The highest BCUT2D eigenvalue weighted by molar-refractivity contribution is 5.22. The highest BCUT2D eigenvalue weighted by Crippen LogP contribution is 2.32. The summed E-state index contributed by atoms with van der Waals surface area (Å²) >= 11 is 0. The Morgan fingerprint density at radius 1 is 1.38 bits per heavy atom. The zero-order valence-electron chi connectivity index (χ0n) is 10.9. The van der Waals surface area contributed by atoms with Gasteiger partial charge in [-0.2, -0.15) is 5.10 Å². The standard InChI is InChI=1S/C13H23N3/c1-9-10(2)15-16(12(9)4)8-7-14-11(3)13-5-6-13/h11,13-14H,5-8H2,1-4H3. The molecular formula is C13H23N3. The minimum atomic E-state index is 0.679. The minimum absolute atomic E-state index is 0.679. The van der Waals surface area contributed by atoms with E-state index in [1.54, 1.807) is 0 Å². The van der Waals surface area contributed by atoms with Gasteiger partial charge >= 0.3 is 0 Å². The second kappa shape index (κ2) is 4.58. The molecular weight excluding hydrogens is 198 g/mol. The van der Waals surface area contributed by atoms with E-state index in [-0.39, 0.29) is 0 Å². The van der Waals surface area contributed by atoms with Crippen LogP contribution in [0.5, 0.6) is 0 Å². The maximum absolute atomic E-state index is 4.54. The summed E-state index contributed by atoms with van der Waals surface area (Å²) in [5.41, 5.74) is 3.79. The van der Waals surface area contributed by atoms with Crippen LogP contribution in [-0.2, 0) is 6.54 Å². The Bertz CT molecular complexity index is 363. The molecule has 1 fully saturated rings. The number of hydrogen-bond donors (Lipinski definition) is 1. The van der Waals surface area contributed by atoms with Crippen LogP contribution >= 0.6 is 0 Å². The van der Waals surface area contributed by atoms with E-state index in [9.17, 15) is 0 Å². The van der Waals surface area contributed by atoms with Crippen molar-refractivity contribution < 1.29 is 0 Å². The van der Waals surface area contributed by atoms with Crippen molar-refractivity contribution in [1.82, 2.24) is 15.1 Å². The fourth-order valence-corrected chi connectivity index (χ4v) is 2.17. The zero-order valence-corrected chi connectivity index (χ0v) is 10.9. The summed E-state index contributed by atoms with van der Waals surface area (Å²) in [6.07, 6.45) is 2.82. The van der Waals surface area contributed by atoms with Crippen molar-refractivity contribution in [3.63, 3.8) is 0 Å². The van der Waals surface area contributed by atoms with E-state index in [1.807, 2.05) is 0 Å². The number of nitrogens with zero attached hydrogens (tertiary/aromatic N) is 2. The van der Waals surface area contributed by atoms with Gasteiger partial charge in [-0.05, 0) is 52.0 Å². The van der Waals surface area contributed by atoms with Crippen LogP contribution in [0.1, 0.15) is 36.7 Å². The van der Waals surface area contributed by atoms with Gasteiger partial charge in [-0.1, -0.05) is 0 Å². The molecule has 90 valence electrons. The molecule has 1 unspecified atom stereocenters. The normalized spacial score (nSPS) is 17.8. The average molecular weight is 221 g/mol. The van der Waals surface area contributed by atoms with E-state index in [2.05, 4.69) is 42.8 Å². The molecule has 0 aliphatic heterocycles. The Hall–Kier alpha value is -0.830. The third-order valence-electron chi connectivity index (χ3n) is 3.86. The van der Waals surface area contributed by atoms with Gasteiger partial charge in [0.1, 0.15) is 0 Å². The first-order chi connectivity index (χ1) is 7.59. The third kappa shape index (κ3) is 2.46. The SMILES string of the molecule is Cc1nn(CCNC(C)C2CC2)c(C)c1C. The van der Waals surface area contributed by atoms with Crippen molar-refractivity contribution >= 4 is 0 Å². The smallest absolute Gasteiger partial charge is 0.0625 e. The highest BCUT2D eigenvalue weighted by atomic mass is 15.3. The molecule has 1 saturated carbocycles. The van der Waals surface area contributed by atoms with E-state index in [0.717, 1.165) is 24.7 Å². The largest absolute Gasteiger partial charge is 0.312 e. The minimum Gasteiger partial charge on any atom is -0.312 e. The Morgan fingerprint density at radius 3 is 2.56 bits per heavy atom. The van der Waals surface area contributed by atoms with E-state index in [4.69, 9.17) is 0 Å². The molecule has 1 N–H and O–H groups in total. The highest BCUT2D eigenvalue weighted by Gasteiger charge is 2.27. The van der Waals surface area contributed by atoms with Crippen molar-refractivity contribution in [2.24, 2.45) is 5.92 Å². The lowest BCUT2D eigenvalue weighted by Gasteiger charge is -2.13. The van der Waals surface area contributed by atoms with Crippen molar-refractivity contribution in [2.75, 3.05) is 6.54 Å². The van der Waals surface area contributed by atoms with Gasteiger partial charge in [0.2, 0.25) is 0 Å². The summed E-state index contributed by atoms with van der Waals surface area (Å²) in [4.78, 5) is 0. The molecule has 0 bridgehead atoms. The maximum atomic E-state index is 4.54. The van der Waals surface area contributed by atoms with Crippen LogP contribution in [-0.4, -0.2) is 22.4 Å². The van der Waals surface area contributed by atoms with Gasteiger partial charge in [-0.15, -0.1) is 0 Å². The molecule has 1 heterocycles. The van der Waals surface area contributed by atoms with E-state index in [0.29, 0.717) is 6.04 Å². The van der Waals surface area contributed by atoms with Crippen LogP contribution in [0.15, 0.2) is 0 Å². The van der Waals surface area contributed by atoms with Gasteiger partial charge in [0, 0.05) is 18.3 Å². The van der Waals surface area contributed by atoms with E-state index >= 15 is 0 Å². The van der Waals surface area contributed by atoms with Gasteiger partial charge in [-0.3, -0.25) is 4.68 Å². The lowest BCUT2D eigenvalue weighted by Crippen LogP contribution is -2.31. The number of aromatic nitrogens is 2. The summed E-state index contributed by atoms with van der Waals surface area (Å²) in [6, 6.07) is 0.679. The summed E-state index contributed by atoms with van der Waals surface area (Å²) in [5, 5.41) is 8.13. The summed E-state index contributed by atoms with van der Waals surface area (Å²) < 4.78 is 2.12. The average Bonchev–Trinajstić information content (AvgIpc) is 3.05. The van der Waals surface area contributed by atoms with Gasteiger partial charge in [0.05, 0.1) is 12.2 Å². The van der Waals surface area contributed by atoms with Gasteiger partial charge in [0.15, 0.2) is 0 Å². The van der Waals surface area contributed by atoms with Gasteiger partial charge in [-0.25, -0.2) is 0 Å². The van der Waals surface area contributed by atoms with E-state index < -0.39 is 0 Å². The predicted molar refractivity (Wildman–Crippen MR) is 66.6 cm³/mol. The zero-order chi connectivity index (χ0) is 11.7. The van der Waals surface area contributed by atoms with Crippen LogP contribution in [0.4, 0.5) is 0 Å². The second-order valence-corrected chi connectivity index (χ2v) is 5.10. The molecule has 1 aromatic heterocycles. The molecule has 1 aromatic rings. The summed E-state index contributed by atoms with van der Waals surface area (Å²) in [7, 11) is 0. The monoisotopic (exact) mass is 221 g/mol. The number of nitrogens with one attached hydrogen (secondary N) is 1. The maximum Gasteiger partial charge on any atom is 0.0625 e.